The first-order valence-electron chi connectivity index (χ1n) is 6.10. The van der Waals surface area contributed by atoms with Crippen LogP contribution >= 0.6 is 0 Å². The third-order valence-electron chi connectivity index (χ3n) is 2.87. The SMILES string of the molecule is COc1cc(N)c(CN(CCO)CCO)cc1OC. The van der Waals surface area contributed by atoms with Gasteiger partial charge in [0.15, 0.2) is 11.5 Å². The average Bonchev–Trinajstić information content (AvgIpc) is 2.41. The molecule has 0 atom stereocenters. The first-order chi connectivity index (χ1) is 9.15. The van der Waals surface area contributed by atoms with Crippen molar-refractivity contribution in [1.29, 1.82) is 0 Å². The van der Waals surface area contributed by atoms with Crippen LogP contribution in [0.4, 0.5) is 5.69 Å². The van der Waals surface area contributed by atoms with Crippen molar-refractivity contribution in [2.45, 2.75) is 6.54 Å². The summed E-state index contributed by atoms with van der Waals surface area (Å²) in [5.74, 6) is 1.19. The summed E-state index contributed by atoms with van der Waals surface area (Å²) in [5, 5.41) is 18.0. The largest absolute Gasteiger partial charge is 0.493 e. The van der Waals surface area contributed by atoms with Gasteiger partial charge in [-0.1, -0.05) is 0 Å². The van der Waals surface area contributed by atoms with Gasteiger partial charge in [0, 0.05) is 31.4 Å². The van der Waals surface area contributed by atoms with E-state index in [-0.39, 0.29) is 13.2 Å². The molecular formula is C13H22N2O4. The molecule has 0 aromatic heterocycles. The van der Waals surface area contributed by atoms with Crippen LogP contribution in [0.5, 0.6) is 11.5 Å². The summed E-state index contributed by atoms with van der Waals surface area (Å²) in [6.45, 7) is 1.57. The summed E-state index contributed by atoms with van der Waals surface area (Å²) in [6.07, 6.45) is 0. The van der Waals surface area contributed by atoms with Crippen LogP contribution in [-0.2, 0) is 6.54 Å². The van der Waals surface area contributed by atoms with Crippen molar-refractivity contribution in [3.8, 4) is 11.5 Å². The lowest BCUT2D eigenvalue weighted by Gasteiger charge is -2.22. The molecule has 0 bridgehead atoms. The lowest BCUT2D eigenvalue weighted by molar-refractivity contribution is 0.156. The van der Waals surface area contributed by atoms with Gasteiger partial charge in [-0.2, -0.15) is 0 Å². The molecule has 0 spiro atoms. The Bertz CT molecular complexity index is 392. The number of methoxy groups -OCH3 is 2. The molecule has 1 aromatic carbocycles. The van der Waals surface area contributed by atoms with Gasteiger partial charge in [-0.15, -0.1) is 0 Å². The van der Waals surface area contributed by atoms with E-state index in [0.717, 1.165) is 5.56 Å². The number of nitrogens with zero attached hydrogens (tertiary/aromatic N) is 1. The quantitative estimate of drug-likeness (QED) is 0.580. The third-order valence-corrected chi connectivity index (χ3v) is 2.87. The van der Waals surface area contributed by atoms with Gasteiger partial charge in [0.1, 0.15) is 0 Å². The van der Waals surface area contributed by atoms with Gasteiger partial charge in [0.05, 0.1) is 27.4 Å². The molecule has 0 fully saturated rings. The molecule has 0 amide bonds. The zero-order valence-electron chi connectivity index (χ0n) is 11.4. The molecule has 108 valence electrons. The first-order valence-corrected chi connectivity index (χ1v) is 6.10. The molecule has 1 aromatic rings. The van der Waals surface area contributed by atoms with E-state index >= 15 is 0 Å². The van der Waals surface area contributed by atoms with Crippen molar-refractivity contribution in [3.05, 3.63) is 17.7 Å². The molecule has 0 aliphatic heterocycles. The van der Waals surface area contributed by atoms with Crippen molar-refractivity contribution in [3.63, 3.8) is 0 Å². The fourth-order valence-electron chi connectivity index (χ4n) is 1.87. The highest BCUT2D eigenvalue weighted by atomic mass is 16.5. The topological polar surface area (TPSA) is 88.2 Å². The van der Waals surface area contributed by atoms with Gasteiger partial charge in [-0.05, 0) is 11.6 Å². The Morgan fingerprint density at radius 2 is 1.58 bits per heavy atom. The van der Waals surface area contributed by atoms with E-state index in [1.165, 1.54) is 0 Å². The normalized spacial score (nSPS) is 10.8. The van der Waals surface area contributed by atoms with E-state index in [1.54, 1.807) is 20.3 Å². The number of hydrogen-bond acceptors (Lipinski definition) is 6. The number of nitrogens with two attached hydrogens (primary N) is 1. The van der Waals surface area contributed by atoms with Gasteiger partial charge in [-0.25, -0.2) is 0 Å². The Morgan fingerprint density at radius 3 is 2.05 bits per heavy atom. The molecule has 0 radical (unpaired) electrons. The van der Waals surface area contributed by atoms with Gasteiger partial charge in [0.25, 0.3) is 0 Å². The Labute approximate surface area is 113 Å². The van der Waals surface area contributed by atoms with Crippen LogP contribution in [0.2, 0.25) is 0 Å². The molecule has 0 saturated carbocycles. The summed E-state index contributed by atoms with van der Waals surface area (Å²) in [6, 6.07) is 3.53. The number of aliphatic hydroxyl groups is 2. The van der Waals surface area contributed by atoms with Gasteiger partial charge in [0.2, 0.25) is 0 Å². The highest BCUT2D eigenvalue weighted by Crippen LogP contribution is 2.32. The lowest BCUT2D eigenvalue weighted by atomic mass is 10.1. The molecule has 6 heteroatoms. The van der Waals surface area contributed by atoms with E-state index in [4.69, 9.17) is 25.4 Å². The van der Waals surface area contributed by atoms with E-state index in [2.05, 4.69) is 0 Å². The molecule has 1 rings (SSSR count). The Hall–Kier alpha value is -1.50. The number of aliphatic hydroxyl groups excluding tert-OH is 2. The molecule has 0 unspecified atom stereocenters. The maximum absolute atomic E-state index is 8.99. The van der Waals surface area contributed by atoms with Gasteiger partial charge < -0.3 is 25.4 Å². The molecule has 4 N–H and O–H groups in total. The fourth-order valence-corrected chi connectivity index (χ4v) is 1.87. The zero-order valence-corrected chi connectivity index (χ0v) is 11.4. The molecule has 0 aliphatic carbocycles. The highest BCUT2D eigenvalue weighted by Gasteiger charge is 2.12. The van der Waals surface area contributed by atoms with Crippen molar-refractivity contribution >= 4 is 5.69 Å². The third kappa shape index (κ3) is 4.27. The van der Waals surface area contributed by atoms with Crippen LogP contribution in [0.25, 0.3) is 0 Å². The van der Waals surface area contributed by atoms with Crippen LogP contribution in [0.15, 0.2) is 12.1 Å². The molecule has 0 heterocycles. The van der Waals surface area contributed by atoms with Crippen LogP contribution < -0.4 is 15.2 Å². The minimum Gasteiger partial charge on any atom is -0.493 e. The summed E-state index contributed by atoms with van der Waals surface area (Å²) in [4.78, 5) is 1.91. The second kappa shape index (κ2) is 7.83. The standard InChI is InChI=1S/C13H22N2O4/c1-18-12-7-10(11(14)8-13(12)19-2)9-15(3-5-16)4-6-17/h7-8,16-17H,3-6,9,14H2,1-2H3. The molecular weight excluding hydrogens is 248 g/mol. The van der Waals surface area contributed by atoms with E-state index in [0.29, 0.717) is 36.8 Å². The Balaban J connectivity index is 2.92. The molecule has 19 heavy (non-hydrogen) atoms. The highest BCUT2D eigenvalue weighted by molar-refractivity contribution is 5.57. The fraction of sp³-hybridized carbons (Fsp3) is 0.538. The van der Waals surface area contributed by atoms with Gasteiger partial charge >= 0.3 is 0 Å². The van der Waals surface area contributed by atoms with Crippen molar-refractivity contribution in [1.82, 2.24) is 4.90 Å². The number of ether oxygens (including phenoxy) is 2. The second-order valence-corrected chi connectivity index (χ2v) is 4.13. The monoisotopic (exact) mass is 270 g/mol. The Kier molecular flexibility index (Phi) is 6.41. The van der Waals surface area contributed by atoms with Crippen molar-refractivity contribution < 1.29 is 19.7 Å². The zero-order chi connectivity index (χ0) is 14.3. The van der Waals surface area contributed by atoms with Crippen LogP contribution in [0, 0.1) is 0 Å². The summed E-state index contributed by atoms with van der Waals surface area (Å²) in [5.41, 5.74) is 7.44. The molecule has 0 aliphatic rings. The smallest absolute Gasteiger partial charge is 0.162 e. The van der Waals surface area contributed by atoms with Crippen LogP contribution in [-0.4, -0.2) is 55.6 Å². The van der Waals surface area contributed by atoms with Crippen molar-refractivity contribution in [2.75, 3.05) is 46.3 Å². The minimum absolute atomic E-state index is 0.0349. The second-order valence-electron chi connectivity index (χ2n) is 4.13. The lowest BCUT2D eigenvalue weighted by Crippen LogP contribution is -2.29. The van der Waals surface area contributed by atoms with Crippen LogP contribution in [0.1, 0.15) is 5.56 Å². The van der Waals surface area contributed by atoms with E-state index in [1.807, 2.05) is 11.0 Å². The number of hydrogen-bond donors (Lipinski definition) is 3. The number of rotatable bonds is 8. The first kappa shape index (κ1) is 15.6. The average molecular weight is 270 g/mol. The summed E-state index contributed by atoms with van der Waals surface area (Å²) in [7, 11) is 3.12. The number of nitrogen functional groups attached to an aromatic ring is 1. The molecule has 6 nitrogen and oxygen atoms in total. The number of benzene rings is 1. The Morgan fingerprint density at radius 1 is 1.05 bits per heavy atom. The number of anilines is 1. The predicted molar refractivity (Wildman–Crippen MR) is 73.4 cm³/mol. The van der Waals surface area contributed by atoms with Crippen molar-refractivity contribution in [2.24, 2.45) is 0 Å². The predicted octanol–water partition coefficient (Wildman–Crippen LogP) is 0.0726. The maximum atomic E-state index is 8.99. The summed E-state index contributed by atoms with van der Waals surface area (Å²) < 4.78 is 10.4. The van der Waals surface area contributed by atoms with E-state index in [9.17, 15) is 0 Å². The summed E-state index contributed by atoms with van der Waals surface area (Å²) >= 11 is 0. The van der Waals surface area contributed by atoms with Crippen LogP contribution in [0.3, 0.4) is 0 Å². The maximum Gasteiger partial charge on any atom is 0.162 e. The molecule has 0 saturated heterocycles. The van der Waals surface area contributed by atoms with E-state index < -0.39 is 0 Å². The minimum atomic E-state index is 0.0349. The van der Waals surface area contributed by atoms with Gasteiger partial charge in [-0.3, -0.25) is 4.90 Å².